The highest BCUT2D eigenvalue weighted by Crippen LogP contribution is 2.26. The fourth-order valence-electron chi connectivity index (χ4n) is 4.09. The topological polar surface area (TPSA) is 107 Å². The highest BCUT2D eigenvalue weighted by molar-refractivity contribution is 7.99. The van der Waals surface area contributed by atoms with Gasteiger partial charge in [-0.2, -0.15) is 0 Å². The molecule has 0 saturated heterocycles. The summed E-state index contributed by atoms with van der Waals surface area (Å²) < 4.78 is 11.7. The Kier molecular flexibility index (Phi) is 6.00. The Hall–Kier alpha value is -4.11. The first-order valence-electron chi connectivity index (χ1n) is 10.8. The van der Waals surface area contributed by atoms with E-state index in [1.807, 2.05) is 31.2 Å². The number of hydrogen-bond donors (Lipinski definition) is 1. The molecule has 0 radical (unpaired) electrons. The molecule has 0 saturated carbocycles. The number of hydrogen-bond acceptors (Lipinski definition) is 7. The maximum atomic E-state index is 13.4. The number of carbonyl (C=O) groups excluding carboxylic acids is 2. The van der Waals surface area contributed by atoms with Gasteiger partial charge in [0.15, 0.2) is 10.9 Å². The quantitative estimate of drug-likeness (QED) is 0.155. The third-order valence-electron chi connectivity index (χ3n) is 5.74. The molecule has 0 unspecified atom stereocenters. The third-order valence-corrected chi connectivity index (χ3v) is 6.72. The first-order valence-corrected chi connectivity index (χ1v) is 11.8. The van der Waals surface area contributed by atoms with Crippen molar-refractivity contribution in [3.05, 3.63) is 93.8 Å². The number of methoxy groups -OCH3 is 1. The predicted octanol–water partition coefficient (Wildman–Crippen LogP) is 4.59. The van der Waals surface area contributed by atoms with E-state index in [1.54, 1.807) is 18.2 Å². The second-order valence-electron chi connectivity index (χ2n) is 7.97. The lowest BCUT2D eigenvalue weighted by molar-refractivity contribution is 0.0600. The standard InChI is InChI=1S/C26H21N3O5S/c1-15-23(18-7-3-4-8-20(18)27-15)22(30)14-35-26-28-21-12-16(25(32)33-2)9-10-19(21)24(31)29(26)13-17-6-5-11-34-17/h3-12,27H,13-14H2,1-2H3. The van der Waals surface area contributed by atoms with Crippen LogP contribution in [0.5, 0.6) is 0 Å². The number of nitrogens with zero attached hydrogens (tertiary/aromatic N) is 2. The first-order chi connectivity index (χ1) is 17.0. The van der Waals surface area contributed by atoms with Crippen LogP contribution in [0.1, 0.15) is 32.2 Å². The summed E-state index contributed by atoms with van der Waals surface area (Å²) in [7, 11) is 1.29. The fourth-order valence-corrected chi connectivity index (χ4v) is 4.96. The Morgan fingerprint density at radius 3 is 2.71 bits per heavy atom. The molecule has 8 nitrogen and oxygen atoms in total. The average Bonchev–Trinajstić information content (AvgIpc) is 3.50. The Balaban J connectivity index is 1.54. The Morgan fingerprint density at radius 1 is 1.11 bits per heavy atom. The molecule has 0 aliphatic heterocycles. The number of ether oxygens (including phenoxy) is 1. The number of ketones is 1. The molecule has 9 heteroatoms. The Morgan fingerprint density at radius 2 is 1.94 bits per heavy atom. The largest absolute Gasteiger partial charge is 0.467 e. The molecule has 0 bridgehead atoms. The number of thioether (sulfide) groups is 1. The number of nitrogens with one attached hydrogen (secondary N) is 1. The van der Waals surface area contributed by atoms with Gasteiger partial charge in [-0.25, -0.2) is 9.78 Å². The van der Waals surface area contributed by atoms with Crippen LogP contribution in [0.15, 0.2) is 75.2 Å². The summed E-state index contributed by atoms with van der Waals surface area (Å²) in [4.78, 5) is 46.5. The summed E-state index contributed by atoms with van der Waals surface area (Å²) in [5, 5.41) is 1.57. The van der Waals surface area contributed by atoms with E-state index in [-0.39, 0.29) is 29.2 Å². The molecule has 3 aromatic heterocycles. The number of esters is 1. The molecule has 0 aliphatic carbocycles. The Labute approximate surface area is 203 Å². The van der Waals surface area contributed by atoms with Gasteiger partial charge in [-0.05, 0) is 43.3 Å². The predicted molar refractivity (Wildman–Crippen MR) is 133 cm³/mol. The number of aromatic nitrogens is 3. The van der Waals surface area contributed by atoms with Crippen LogP contribution in [-0.2, 0) is 11.3 Å². The van der Waals surface area contributed by atoms with E-state index in [9.17, 15) is 14.4 Å². The van der Waals surface area contributed by atoms with E-state index < -0.39 is 5.97 Å². The van der Waals surface area contributed by atoms with Crippen molar-refractivity contribution >= 4 is 45.3 Å². The number of Topliss-reactive ketones (excluding diaryl/α,β-unsaturated/α-hetero) is 1. The number of rotatable bonds is 7. The molecular formula is C26H21N3O5S. The van der Waals surface area contributed by atoms with Gasteiger partial charge in [0.25, 0.3) is 5.56 Å². The highest BCUT2D eigenvalue weighted by atomic mass is 32.2. The lowest BCUT2D eigenvalue weighted by Gasteiger charge is -2.12. The number of fused-ring (bicyclic) bond motifs is 2. The zero-order chi connectivity index (χ0) is 24.5. The summed E-state index contributed by atoms with van der Waals surface area (Å²) in [6, 6.07) is 15.8. The van der Waals surface area contributed by atoms with Crippen molar-refractivity contribution in [2.24, 2.45) is 0 Å². The van der Waals surface area contributed by atoms with Gasteiger partial charge in [0.2, 0.25) is 0 Å². The maximum absolute atomic E-state index is 13.4. The second-order valence-corrected chi connectivity index (χ2v) is 8.91. The summed E-state index contributed by atoms with van der Waals surface area (Å²) >= 11 is 1.17. The van der Waals surface area contributed by atoms with E-state index >= 15 is 0 Å². The first kappa shape index (κ1) is 22.7. The van der Waals surface area contributed by atoms with Gasteiger partial charge in [-0.15, -0.1) is 0 Å². The summed E-state index contributed by atoms with van der Waals surface area (Å²) in [6.07, 6.45) is 1.54. The van der Waals surface area contributed by atoms with Crippen LogP contribution >= 0.6 is 11.8 Å². The number of benzene rings is 2. The van der Waals surface area contributed by atoms with Gasteiger partial charge in [-0.1, -0.05) is 30.0 Å². The molecular weight excluding hydrogens is 466 g/mol. The minimum atomic E-state index is -0.521. The van der Waals surface area contributed by atoms with E-state index in [2.05, 4.69) is 9.97 Å². The monoisotopic (exact) mass is 487 g/mol. The Bertz CT molecular complexity index is 1630. The lowest BCUT2D eigenvalue weighted by Crippen LogP contribution is -2.24. The molecule has 0 aliphatic rings. The van der Waals surface area contributed by atoms with Gasteiger partial charge in [0.1, 0.15) is 5.76 Å². The average molecular weight is 488 g/mol. The fraction of sp³-hybridized carbons (Fsp3) is 0.154. The van der Waals surface area contributed by atoms with Crippen LogP contribution in [0.2, 0.25) is 0 Å². The van der Waals surface area contributed by atoms with E-state index in [4.69, 9.17) is 9.15 Å². The molecule has 5 rings (SSSR count). The van der Waals surface area contributed by atoms with Crippen LogP contribution < -0.4 is 5.56 Å². The van der Waals surface area contributed by atoms with E-state index in [0.29, 0.717) is 27.4 Å². The number of H-pyrrole nitrogens is 1. The summed E-state index contributed by atoms with van der Waals surface area (Å²) in [5.74, 6) is 0.0649. The molecule has 1 N–H and O–H groups in total. The normalized spacial score (nSPS) is 11.3. The molecule has 176 valence electrons. The van der Waals surface area contributed by atoms with Crippen LogP contribution in [0.25, 0.3) is 21.8 Å². The maximum Gasteiger partial charge on any atom is 0.337 e. The van der Waals surface area contributed by atoms with Crippen molar-refractivity contribution in [1.82, 2.24) is 14.5 Å². The summed E-state index contributed by atoms with van der Waals surface area (Å²) in [5.41, 5.74) is 2.66. The number of para-hydroxylation sites is 1. The minimum absolute atomic E-state index is 0.0767. The third kappa shape index (κ3) is 4.26. The number of carbonyl (C=O) groups is 2. The van der Waals surface area contributed by atoms with Gasteiger partial charge >= 0.3 is 5.97 Å². The molecule has 0 spiro atoms. The van der Waals surface area contributed by atoms with Crippen molar-refractivity contribution in [2.75, 3.05) is 12.9 Å². The molecule has 35 heavy (non-hydrogen) atoms. The van der Waals surface area contributed by atoms with Crippen LogP contribution in [0.3, 0.4) is 0 Å². The van der Waals surface area contributed by atoms with Crippen molar-refractivity contribution in [3.8, 4) is 0 Å². The SMILES string of the molecule is COC(=O)c1ccc2c(=O)n(Cc3ccco3)c(SCC(=O)c3c(C)[nH]c4ccccc34)nc2c1. The van der Waals surface area contributed by atoms with Crippen LogP contribution in [0, 0.1) is 6.92 Å². The minimum Gasteiger partial charge on any atom is -0.467 e. The number of aromatic amines is 1. The number of furan rings is 1. The van der Waals surface area contributed by atoms with Crippen LogP contribution in [0.4, 0.5) is 0 Å². The van der Waals surface area contributed by atoms with Gasteiger partial charge in [0, 0.05) is 22.2 Å². The van der Waals surface area contributed by atoms with Crippen molar-refractivity contribution in [2.45, 2.75) is 18.6 Å². The lowest BCUT2D eigenvalue weighted by atomic mass is 10.1. The van der Waals surface area contributed by atoms with E-state index in [0.717, 1.165) is 16.6 Å². The smallest absolute Gasteiger partial charge is 0.337 e. The van der Waals surface area contributed by atoms with Gasteiger partial charge in [-0.3, -0.25) is 14.2 Å². The molecule has 5 aromatic rings. The van der Waals surface area contributed by atoms with Gasteiger partial charge < -0.3 is 14.1 Å². The summed E-state index contributed by atoms with van der Waals surface area (Å²) in [6.45, 7) is 2.03. The molecule has 0 fully saturated rings. The molecule has 2 aromatic carbocycles. The zero-order valence-electron chi connectivity index (χ0n) is 19.0. The molecule has 0 atom stereocenters. The van der Waals surface area contributed by atoms with Crippen LogP contribution in [-0.4, -0.2) is 39.2 Å². The van der Waals surface area contributed by atoms with Crippen molar-refractivity contribution < 1.29 is 18.7 Å². The molecule has 3 heterocycles. The van der Waals surface area contributed by atoms with Crippen molar-refractivity contribution in [1.29, 1.82) is 0 Å². The molecule has 0 amide bonds. The van der Waals surface area contributed by atoms with Crippen molar-refractivity contribution in [3.63, 3.8) is 0 Å². The van der Waals surface area contributed by atoms with Gasteiger partial charge in [0.05, 0.1) is 42.1 Å². The van der Waals surface area contributed by atoms with E-state index in [1.165, 1.54) is 41.8 Å². The highest BCUT2D eigenvalue weighted by Gasteiger charge is 2.19. The number of aryl methyl sites for hydroxylation is 1. The zero-order valence-corrected chi connectivity index (χ0v) is 19.8. The second kappa shape index (κ2) is 9.27.